The Morgan fingerprint density at radius 2 is 1.96 bits per heavy atom. The van der Waals surface area contributed by atoms with Crippen LogP contribution in [0.4, 0.5) is 11.5 Å². The van der Waals surface area contributed by atoms with Gasteiger partial charge in [0, 0.05) is 6.07 Å². The molecule has 0 fully saturated rings. The average Bonchev–Trinajstić information content (AvgIpc) is 2.98. The molecule has 1 aromatic carbocycles. The Bertz CT molecular complexity index is 939. The molecule has 1 N–H and O–H groups in total. The molecular formula is C17H17N3O4S. The third kappa shape index (κ3) is 3.08. The van der Waals surface area contributed by atoms with Gasteiger partial charge in [0.15, 0.2) is 0 Å². The first-order valence-corrected chi connectivity index (χ1v) is 8.22. The Morgan fingerprint density at radius 3 is 2.64 bits per heavy atom. The monoisotopic (exact) mass is 359 g/mol. The fraction of sp³-hybridized carbons (Fsp3) is 0.235. The predicted molar refractivity (Wildman–Crippen MR) is 96.3 cm³/mol. The Morgan fingerprint density at radius 1 is 1.16 bits per heavy atom. The number of methoxy groups -OCH3 is 3. The van der Waals surface area contributed by atoms with Crippen molar-refractivity contribution < 1.29 is 19.0 Å². The topological polar surface area (TPSA) is 82.6 Å². The first-order valence-electron chi connectivity index (χ1n) is 7.40. The predicted octanol–water partition coefficient (Wildman–Crippen LogP) is 3.55. The van der Waals surface area contributed by atoms with Gasteiger partial charge in [-0.2, -0.15) is 0 Å². The van der Waals surface area contributed by atoms with Crippen molar-refractivity contribution in [3.8, 4) is 11.5 Å². The fourth-order valence-electron chi connectivity index (χ4n) is 2.49. The summed E-state index contributed by atoms with van der Waals surface area (Å²) in [7, 11) is 4.55. The van der Waals surface area contributed by atoms with Gasteiger partial charge in [-0.25, -0.2) is 14.8 Å². The molecule has 25 heavy (non-hydrogen) atoms. The number of esters is 1. The van der Waals surface area contributed by atoms with E-state index in [9.17, 15) is 4.79 Å². The number of aromatic nitrogens is 2. The van der Waals surface area contributed by atoms with Crippen molar-refractivity contribution in [2.75, 3.05) is 26.6 Å². The minimum absolute atomic E-state index is 0.384. The van der Waals surface area contributed by atoms with Crippen LogP contribution in [0.1, 0.15) is 15.2 Å². The summed E-state index contributed by atoms with van der Waals surface area (Å²) in [6, 6.07) is 5.43. The highest BCUT2D eigenvalue weighted by Crippen LogP contribution is 2.37. The molecule has 0 atom stereocenters. The van der Waals surface area contributed by atoms with E-state index in [0.29, 0.717) is 32.7 Å². The Kier molecular flexibility index (Phi) is 4.71. The smallest absolute Gasteiger partial charge is 0.348 e. The van der Waals surface area contributed by atoms with E-state index >= 15 is 0 Å². The maximum atomic E-state index is 11.9. The van der Waals surface area contributed by atoms with Gasteiger partial charge < -0.3 is 19.5 Å². The molecule has 0 saturated heterocycles. The fourth-order valence-corrected chi connectivity index (χ4v) is 3.56. The number of ether oxygens (including phenoxy) is 3. The van der Waals surface area contributed by atoms with E-state index in [2.05, 4.69) is 15.3 Å². The molecule has 0 saturated carbocycles. The van der Waals surface area contributed by atoms with Crippen LogP contribution in [0, 0.1) is 6.92 Å². The summed E-state index contributed by atoms with van der Waals surface area (Å²) in [6.07, 6.45) is 1.45. The molecule has 0 aliphatic heterocycles. The maximum Gasteiger partial charge on any atom is 0.348 e. The summed E-state index contributed by atoms with van der Waals surface area (Å²) in [5.74, 6) is 1.53. The van der Waals surface area contributed by atoms with E-state index in [0.717, 1.165) is 10.9 Å². The second-order valence-electron chi connectivity index (χ2n) is 5.14. The number of anilines is 2. The number of hydrogen-bond donors (Lipinski definition) is 1. The Hall–Kier alpha value is -2.87. The van der Waals surface area contributed by atoms with Crippen molar-refractivity contribution in [2.45, 2.75) is 6.92 Å². The SMILES string of the molecule is COC(=O)c1sc2ncnc(Nc3cc(OC)ccc3OC)c2c1C. The van der Waals surface area contributed by atoms with Crippen LogP contribution >= 0.6 is 11.3 Å². The number of carbonyl (C=O) groups is 1. The molecule has 2 heterocycles. The number of hydrogen-bond acceptors (Lipinski definition) is 8. The van der Waals surface area contributed by atoms with Crippen molar-refractivity contribution >= 4 is 39.0 Å². The lowest BCUT2D eigenvalue weighted by atomic mass is 10.2. The molecule has 0 bridgehead atoms. The van der Waals surface area contributed by atoms with Gasteiger partial charge in [-0.15, -0.1) is 11.3 Å². The first kappa shape index (κ1) is 17.0. The summed E-state index contributed by atoms with van der Waals surface area (Å²) in [6.45, 7) is 1.85. The molecule has 3 aromatic rings. The number of nitrogens with zero attached hydrogens (tertiary/aromatic N) is 2. The summed E-state index contributed by atoms with van der Waals surface area (Å²) in [4.78, 5) is 21.7. The summed E-state index contributed by atoms with van der Waals surface area (Å²) in [5.41, 5.74) is 1.48. The number of fused-ring (bicyclic) bond motifs is 1. The lowest BCUT2D eigenvalue weighted by Crippen LogP contribution is -2.01. The zero-order valence-electron chi connectivity index (χ0n) is 14.2. The molecule has 0 aliphatic rings. The van der Waals surface area contributed by atoms with E-state index in [1.165, 1.54) is 24.8 Å². The van der Waals surface area contributed by atoms with Crippen molar-refractivity contribution in [3.63, 3.8) is 0 Å². The van der Waals surface area contributed by atoms with E-state index in [-0.39, 0.29) is 5.97 Å². The van der Waals surface area contributed by atoms with Crippen LogP contribution in [0.2, 0.25) is 0 Å². The first-order chi connectivity index (χ1) is 12.1. The lowest BCUT2D eigenvalue weighted by molar-refractivity contribution is 0.0605. The minimum Gasteiger partial charge on any atom is -0.497 e. The molecule has 3 rings (SSSR count). The highest BCUT2D eigenvalue weighted by atomic mass is 32.1. The van der Waals surface area contributed by atoms with Crippen molar-refractivity contribution in [2.24, 2.45) is 0 Å². The van der Waals surface area contributed by atoms with Crippen molar-refractivity contribution in [3.05, 3.63) is 35.0 Å². The highest BCUT2D eigenvalue weighted by molar-refractivity contribution is 7.20. The Labute approximate surface area is 148 Å². The quantitative estimate of drug-likeness (QED) is 0.698. The van der Waals surface area contributed by atoms with Gasteiger partial charge >= 0.3 is 5.97 Å². The number of aryl methyl sites for hydroxylation is 1. The molecule has 7 nitrogen and oxygen atoms in total. The van der Waals surface area contributed by atoms with E-state index in [4.69, 9.17) is 14.2 Å². The zero-order chi connectivity index (χ0) is 18.0. The number of thiophene rings is 1. The number of rotatable bonds is 5. The maximum absolute atomic E-state index is 11.9. The zero-order valence-corrected chi connectivity index (χ0v) is 15.1. The van der Waals surface area contributed by atoms with Crippen LogP contribution in [-0.4, -0.2) is 37.3 Å². The van der Waals surface area contributed by atoms with Gasteiger partial charge in [0.1, 0.15) is 33.4 Å². The van der Waals surface area contributed by atoms with Crippen LogP contribution < -0.4 is 14.8 Å². The van der Waals surface area contributed by atoms with Crippen molar-refractivity contribution in [1.82, 2.24) is 9.97 Å². The van der Waals surface area contributed by atoms with Gasteiger partial charge in [0.2, 0.25) is 0 Å². The summed E-state index contributed by atoms with van der Waals surface area (Å²) < 4.78 is 15.5. The highest BCUT2D eigenvalue weighted by Gasteiger charge is 2.20. The van der Waals surface area contributed by atoms with Crippen LogP contribution in [-0.2, 0) is 4.74 Å². The van der Waals surface area contributed by atoms with Crippen LogP contribution in [0.5, 0.6) is 11.5 Å². The second kappa shape index (κ2) is 6.94. The molecule has 0 unspecified atom stereocenters. The molecule has 0 aliphatic carbocycles. The molecule has 130 valence electrons. The Balaban J connectivity index is 2.11. The molecule has 0 radical (unpaired) electrons. The van der Waals surface area contributed by atoms with Gasteiger partial charge in [-0.3, -0.25) is 0 Å². The van der Waals surface area contributed by atoms with E-state index in [1.807, 2.05) is 19.1 Å². The van der Waals surface area contributed by atoms with Gasteiger partial charge in [0.05, 0.1) is 32.4 Å². The van der Waals surface area contributed by atoms with Gasteiger partial charge in [0.25, 0.3) is 0 Å². The van der Waals surface area contributed by atoms with Crippen LogP contribution in [0.25, 0.3) is 10.2 Å². The van der Waals surface area contributed by atoms with Crippen molar-refractivity contribution in [1.29, 1.82) is 0 Å². The van der Waals surface area contributed by atoms with Crippen LogP contribution in [0.3, 0.4) is 0 Å². The lowest BCUT2D eigenvalue weighted by Gasteiger charge is -2.13. The summed E-state index contributed by atoms with van der Waals surface area (Å²) >= 11 is 1.28. The number of carbonyl (C=O) groups excluding carboxylic acids is 1. The number of nitrogens with one attached hydrogen (secondary N) is 1. The average molecular weight is 359 g/mol. The second-order valence-corrected chi connectivity index (χ2v) is 6.14. The molecule has 0 spiro atoms. The third-order valence-corrected chi connectivity index (χ3v) is 4.94. The third-order valence-electron chi connectivity index (χ3n) is 3.76. The largest absolute Gasteiger partial charge is 0.497 e. The minimum atomic E-state index is -0.384. The van der Waals surface area contributed by atoms with E-state index in [1.54, 1.807) is 20.3 Å². The normalized spacial score (nSPS) is 10.6. The number of benzene rings is 1. The summed E-state index contributed by atoms with van der Waals surface area (Å²) in [5, 5.41) is 4.03. The van der Waals surface area contributed by atoms with Gasteiger partial charge in [-0.05, 0) is 24.6 Å². The standard InChI is InChI=1S/C17H17N3O4S/c1-9-13-15(18-8-19-16(13)25-14(9)17(21)24-4)20-11-7-10(22-2)5-6-12(11)23-3/h5-8H,1-4H3,(H,18,19,20). The molecular weight excluding hydrogens is 342 g/mol. The van der Waals surface area contributed by atoms with Crippen LogP contribution in [0.15, 0.2) is 24.5 Å². The molecule has 8 heteroatoms. The molecule has 2 aromatic heterocycles. The van der Waals surface area contributed by atoms with Gasteiger partial charge in [-0.1, -0.05) is 0 Å². The molecule has 0 amide bonds. The van der Waals surface area contributed by atoms with E-state index < -0.39 is 0 Å².